The molecule has 1 aromatic heterocycles. The van der Waals surface area contributed by atoms with Crippen LogP contribution in [0.5, 0.6) is 11.5 Å². The molecule has 0 aliphatic carbocycles. The average Bonchev–Trinajstić information content (AvgIpc) is 3.36. The fourth-order valence-electron chi connectivity index (χ4n) is 3.75. The van der Waals surface area contributed by atoms with Crippen LogP contribution < -0.4 is 14.4 Å². The number of hydrogen-bond acceptors (Lipinski definition) is 6. The number of fused-ring (bicyclic) bond motifs is 1. The van der Waals surface area contributed by atoms with E-state index in [0.29, 0.717) is 33.3 Å². The zero-order valence-corrected chi connectivity index (χ0v) is 16.7. The molecule has 0 radical (unpaired) electrons. The normalized spacial score (nSPS) is 19.1. The molecule has 2 aliphatic rings. The number of rotatable bonds is 3. The number of aliphatic hydroxyl groups is 1. The summed E-state index contributed by atoms with van der Waals surface area (Å²) in [6.07, 6.45) is 3.15. The molecular formula is C23H15ClN2O5. The van der Waals surface area contributed by atoms with Gasteiger partial charge in [0.25, 0.3) is 11.7 Å². The van der Waals surface area contributed by atoms with Crippen molar-refractivity contribution >= 4 is 34.7 Å². The Morgan fingerprint density at radius 1 is 1.06 bits per heavy atom. The second-order valence-corrected chi connectivity index (χ2v) is 7.44. The molecule has 154 valence electrons. The van der Waals surface area contributed by atoms with Gasteiger partial charge in [-0.15, -0.1) is 0 Å². The van der Waals surface area contributed by atoms with Crippen LogP contribution in [-0.2, 0) is 9.59 Å². The molecule has 0 bridgehead atoms. The molecule has 1 N–H and O–H groups in total. The molecule has 2 aliphatic heterocycles. The maximum absolute atomic E-state index is 13.1. The molecular weight excluding hydrogens is 420 g/mol. The maximum Gasteiger partial charge on any atom is 0.300 e. The number of ether oxygens (including phenoxy) is 2. The molecule has 31 heavy (non-hydrogen) atoms. The third-order valence-corrected chi connectivity index (χ3v) is 5.45. The number of nitrogens with zero attached hydrogens (tertiary/aromatic N) is 2. The Morgan fingerprint density at radius 2 is 1.84 bits per heavy atom. The Labute approximate surface area is 182 Å². The van der Waals surface area contributed by atoms with Gasteiger partial charge in [-0.2, -0.15) is 0 Å². The van der Waals surface area contributed by atoms with Crippen molar-refractivity contribution in [2.75, 3.05) is 11.7 Å². The summed E-state index contributed by atoms with van der Waals surface area (Å²) in [5, 5.41) is 11.5. The topological polar surface area (TPSA) is 89.0 Å². The molecule has 2 aromatic carbocycles. The van der Waals surface area contributed by atoms with Gasteiger partial charge in [0, 0.05) is 34.7 Å². The van der Waals surface area contributed by atoms with Gasteiger partial charge in [-0.3, -0.25) is 19.5 Å². The zero-order valence-electron chi connectivity index (χ0n) is 16.0. The zero-order chi connectivity index (χ0) is 21.5. The Bertz CT molecular complexity index is 1220. The van der Waals surface area contributed by atoms with E-state index in [9.17, 15) is 14.7 Å². The first-order valence-corrected chi connectivity index (χ1v) is 9.79. The smallest absolute Gasteiger partial charge is 0.300 e. The second kappa shape index (κ2) is 7.45. The fraction of sp³-hybridized carbons (Fsp3) is 0.0870. The molecule has 1 fully saturated rings. The number of amides is 1. The van der Waals surface area contributed by atoms with Crippen molar-refractivity contribution in [1.82, 2.24) is 4.98 Å². The van der Waals surface area contributed by atoms with E-state index in [1.807, 2.05) is 0 Å². The average molecular weight is 435 g/mol. The van der Waals surface area contributed by atoms with Crippen molar-refractivity contribution in [3.05, 3.63) is 88.7 Å². The summed E-state index contributed by atoms with van der Waals surface area (Å²) in [4.78, 5) is 31.6. The van der Waals surface area contributed by atoms with Crippen LogP contribution in [0.2, 0.25) is 5.02 Å². The van der Waals surface area contributed by atoms with E-state index < -0.39 is 17.7 Å². The van der Waals surface area contributed by atoms with E-state index in [2.05, 4.69) is 4.98 Å². The summed E-state index contributed by atoms with van der Waals surface area (Å²) in [6.45, 7) is 0.0835. The minimum atomic E-state index is -0.871. The minimum absolute atomic E-state index is 0.0296. The van der Waals surface area contributed by atoms with Gasteiger partial charge in [-0.25, -0.2) is 0 Å². The first-order chi connectivity index (χ1) is 15.0. The number of pyridine rings is 1. The van der Waals surface area contributed by atoms with E-state index in [4.69, 9.17) is 21.1 Å². The van der Waals surface area contributed by atoms with Crippen LogP contribution in [0, 0.1) is 0 Å². The Kier molecular flexibility index (Phi) is 4.60. The molecule has 1 atom stereocenters. The maximum atomic E-state index is 13.1. The van der Waals surface area contributed by atoms with Crippen molar-refractivity contribution in [1.29, 1.82) is 0 Å². The quantitative estimate of drug-likeness (QED) is 0.379. The van der Waals surface area contributed by atoms with Crippen LogP contribution >= 0.6 is 11.6 Å². The van der Waals surface area contributed by atoms with Crippen molar-refractivity contribution in [3.63, 3.8) is 0 Å². The summed E-state index contributed by atoms with van der Waals surface area (Å²) in [7, 11) is 0. The lowest BCUT2D eigenvalue weighted by atomic mass is 9.96. The number of Topliss-reactive ketones (excluding diaryl/α,β-unsaturated/α-hetero) is 1. The van der Waals surface area contributed by atoms with Crippen LogP contribution in [0.4, 0.5) is 5.69 Å². The number of hydrogen-bond donors (Lipinski definition) is 1. The fourth-order valence-corrected chi connectivity index (χ4v) is 3.88. The highest BCUT2D eigenvalue weighted by atomic mass is 35.5. The summed E-state index contributed by atoms with van der Waals surface area (Å²) in [6, 6.07) is 13.9. The summed E-state index contributed by atoms with van der Waals surface area (Å²) in [5.41, 5.74) is 1.37. The number of aliphatic hydroxyl groups excluding tert-OH is 1. The molecule has 7 nitrogen and oxygen atoms in total. The molecule has 1 amide bonds. The van der Waals surface area contributed by atoms with Gasteiger partial charge in [0.15, 0.2) is 11.5 Å². The molecule has 5 rings (SSSR count). The van der Waals surface area contributed by atoms with E-state index >= 15 is 0 Å². The van der Waals surface area contributed by atoms with Crippen LogP contribution in [0.3, 0.4) is 0 Å². The minimum Gasteiger partial charge on any atom is -0.507 e. The van der Waals surface area contributed by atoms with Crippen molar-refractivity contribution in [3.8, 4) is 11.5 Å². The molecule has 1 saturated heterocycles. The molecule has 8 heteroatoms. The van der Waals surface area contributed by atoms with Gasteiger partial charge in [-0.05, 0) is 48.0 Å². The monoisotopic (exact) mass is 434 g/mol. The predicted octanol–water partition coefficient (Wildman–Crippen LogP) is 4.09. The van der Waals surface area contributed by atoms with Gasteiger partial charge in [0.05, 0.1) is 11.6 Å². The molecule has 0 saturated carbocycles. The highest BCUT2D eigenvalue weighted by Crippen LogP contribution is 2.44. The van der Waals surface area contributed by atoms with Crippen molar-refractivity contribution in [2.45, 2.75) is 6.04 Å². The summed E-state index contributed by atoms with van der Waals surface area (Å²) in [5.74, 6) is -0.809. The summed E-state index contributed by atoms with van der Waals surface area (Å²) < 4.78 is 10.8. The molecule has 3 aromatic rings. The lowest BCUT2D eigenvalue weighted by Crippen LogP contribution is -2.29. The van der Waals surface area contributed by atoms with Crippen LogP contribution in [0.25, 0.3) is 5.76 Å². The molecule has 0 spiro atoms. The number of aromatic nitrogens is 1. The first kappa shape index (κ1) is 19.1. The lowest BCUT2D eigenvalue weighted by Gasteiger charge is -2.25. The number of anilines is 1. The van der Waals surface area contributed by atoms with Gasteiger partial charge >= 0.3 is 0 Å². The lowest BCUT2D eigenvalue weighted by molar-refractivity contribution is -0.132. The van der Waals surface area contributed by atoms with Gasteiger partial charge < -0.3 is 14.6 Å². The van der Waals surface area contributed by atoms with Gasteiger partial charge in [-0.1, -0.05) is 17.7 Å². The highest BCUT2D eigenvalue weighted by molar-refractivity contribution is 6.51. The highest BCUT2D eigenvalue weighted by Gasteiger charge is 2.47. The summed E-state index contributed by atoms with van der Waals surface area (Å²) >= 11 is 5.94. The number of carbonyl (C=O) groups excluding carboxylic acids is 2. The second-order valence-electron chi connectivity index (χ2n) is 7.00. The third-order valence-electron chi connectivity index (χ3n) is 5.20. The van der Waals surface area contributed by atoms with Crippen LogP contribution in [-0.4, -0.2) is 28.6 Å². The van der Waals surface area contributed by atoms with Crippen molar-refractivity contribution in [2.24, 2.45) is 0 Å². The molecule has 3 heterocycles. The van der Waals surface area contributed by atoms with E-state index in [1.165, 1.54) is 4.90 Å². The predicted molar refractivity (Wildman–Crippen MR) is 113 cm³/mol. The van der Waals surface area contributed by atoms with E-state index in [0.717, 1.165) is 0 Å². The first-order valence-electron chi connectivity index (χ1n) is 9.41. The standard InChI is InChI=1S/C23H15ClN2O5/c24-15-5-3-13(4-6-15)21(27)19-20(14-2-1-9-25-11-14)26(23(29)22(19)28)16-7-8-17-18(10-16)31-12-30-17/h1-11,20,27H,12H2/b21-19+. The molecule has 1 unspecified atom stereocenters. The van der Waals surface area contributed by atoms with E-state index in [-0.39, 0.29) is 18.1 Å². The largest absolute Gasteiger partial charge is 0.507 e. The number of benzene rings is 2. The van der Waals surface area contributed by atoms with Crippen molar-refractivity contribution < 1.29 is 24.2 Å². The SMILES string of the molecule is O=C1C(=O)N(c2ccc3c(c2)OCO3)C(c2cccnc2)/C1=C(\O)c1ccc(Cl)cc1. The number of carbonyl (C=O) groups is 2. The van der Waals surface area contributed by atoms with Gasteiger partial charge in [0.1, 0.15) is 5.76 Å². The number of halogens is 1. The Hall–Kier alpha value is -3.84. The Balaban J connectivity index is 1.70. The third kappa shape index (κ3) is 3.19. The van der Waals surface area contributed by atoms with Crippen LogP contribution in [0.1, 0.15) is 17.2 Å². The number of ketones is 1. The van der Waals surface area contributed by atoms with E-state index in [1.54, 1.807) is 67.0 Å². The van der Waals surface area contributed by atoms with Gasteiger partial charge in [0.2, 0.25) is 6.79 Å². The van der Waals surface area contributed by atoms with Crippen LogP contribution in [0.15, 0.2) is 72.6 Å². The Morgan fingerprint density at radius 3 is 2.58 bits per heavy atom.